The van der Waals surface area contributed by atoms with Gasteiger partial charge >= 0.3 is 0 Å². The molecule has 0 aromatic rings. The van der Waals surface area contributed by atoms with Crippen LogP contribution in [0.2, 0.25) is 0 Å². The van der Waals surface area contributed by atoms with Crippen LogP contribution in [0.4, 0.5) is 0 Å². The zero-order valence-corrected chi connectivity index (χ0v) is 8.50. The Morgan fingerprint density at radius 3 is 2.43 bits per heavy atom. The monoisotopic (exact) mass is 195 g/mol. The molecule has 2 aliphatic rings. The van der Waals surface area contributed by atoms with Crippen LogP contribution in [0, 0.1) is 5.92 Å². The molecule has 1 aliphatic heterocycles. The van der Waals surface area contributed by atoms with Gasteiger partial charge in [0.25, 0.3) is 5.91 Å². The smallest absolute Gasteiger partial charge is 0.290 e. The molecule has 1 aliphatic carbocycles. The lowest BCUT2D eigenvalue weighted by Gasteiger charge is -2.26. The summed E-state index contributed by atoms with van der Waals surface area (Å²) in [4.78, 5) is 24.1. The van der Waals surface area contributed by atoms with Crippen molar-refractivity contribution < 1.29 is 9.59 Å². The summed E-state index contributed by atoms with van der Waals surface area (Å²) in [5.74, 6) is 0.218. The number of ketones is 1. The SMILES string of the molecule is O=C1CCN(CC2CCCCC2)C1=O. The van der Waals surface area contributed by atoms with E-state index in [1.165, 1.54) is 32.1 Å². The summed E-state index contributed by atoms with van der Waals surface area (Å²) in [7, 11) is 0. The number of likely N-dealkylation sites (tertiary alicyclic amines) is 1. The number of nitrogens with zero attached hydrogens (tertiary/aromatic N) is 1. The zero-order valence-electron chi connectivity index (χ0n) is 8.50. The predicted octanol–water partition coefficient (Wildman–Crippen LogP) is 1.37. The molecule has 14 heavy (non-hydrogen) atoms. The van der Waals surface area contributed by atoms with Crippen LogP contribution in [-0.2, 0) is 9.59 Å². The lowest BCUT2D eigenvalue weighted by atomic mass is 9.89. The molecule has 2 fully saturated rings. The molecule has 2 rings (SSSR count). The van der Waals surface area contributed by atoms with Gasteiger partial charge in [0.1, 0.15) is 0 Å². The summed E-state index contributed by atoms with van der Waals surface area (Å²) in [6, 6.07) is 0. The Kier molecular flexibility index (Phi) is 2.85. The maximum Gasteiger partial charge on any atom is 0.290 e. The molecule has 0 aromatic carbocycles. The Morgan fingerprint density at radius 2 is 1.86 bits per heavy atom. The lowest BCUT2D eigenvalue weighted by molar-refractivity contribution is -0.140. The van der Waals surface area contributed by atoms with Crippen molar-refractivity contribution in [3.8, 4) is 0 Å². The number of hydrogen-bond acceptors (Lipinski definition) is 2. The maximum atomic E-state index is 11.4. The number of Topliss-reactive ketones (excluding diaryl/α,β-unsaturated/α-hetero) is 1. The second-order valence-electron chi connectivity index (χ2n) is 4.43. The van der Waals surface area contributed by atoms with Crippen molar-refractivity contribution in [2.45, 2.75) is 38.5 Å². The van der Waals surface area contributed by atoms with Crippen molar-refractivity contribution in [2.75, 3.05) is 13.1 Å². The fraction of sp³-hybridized carbons (Fsp3) is 0.818. The molecule has 1 amide bonds. The molecule has 1 heterocycles. The van der Waals surface area contributed by atoms with E-state index < -0.39 is 0 Å². The predicted molar refractivity (Wildman–Crippen MR) is 52.8 cm³/mol. The Balaban J connectivity index is 1.85. The topological polar surface area (TPSA) is 37.4 Å². The van der Waals surface area contributed by atoms with E-state index in [9.17, 15) is 9.59 Å². The number of carbonyl (C=O) groups is 2. The van der Waals surface area contributed by atoms with Crippen LogP contribution in [0.15, 0.2) is 0 Å². The van der Waals surface area contributed by atoms with Crippen molar-refractivity contribution >= 4 is 11.7 Å². The standard InChI is InChI=1S/C11H17NO2/c13-10-6-7-12(11(10)14)8-9-4-2-1-3-5-9/h9H,1-8H2. The Bertz CT molecular complexity index is 244. The minimum atomic E-state index is -0.240. The van der Waals surface area contributed by atoms with Crippen LogP contribution in [0.3, 0.4) is 0 Å². The number of rotatable bonds is 2. The zero-order chi connectivity index (χ0) is 9.97. The fourth-order valence-corrected chi connectivity index (χ4v) is 2.48. The summed E-state index contributed by atoms with van der Waals surface area (Å²) in [5.41, 5.74) is 0. The van der Waals surface area contributed by atoms with Gasteiger partial charge in [-0.05, 0) is 18.8 Å². The number of hydrogen-bond donors (Lipinski definition) is 0. The molecule has 3 nitrogen and oxygen atoms in total. The third-order valence-corrected chi connectivity index (χ3v) is 3.34. The molecule has 0 atom stereocenters. The van der Waals surface area contributed by atoms with Gasteiger partial charge < -0.3 is 4.90 Å². The van der Waals surface area contributed by atoms with Gasteiger partial charge in [0, 0.05) is 19.5 Å². The van der Waals surface area contributed by atoms with Crippen LogP contribution < -0.4 is 0 Å². The molecule has 0 radical (unpaired) electrons. The molecule has 0 N–H and O–H groups in total. The van der Waals surface area contributed by atoms with E-state index in [1.807, 2.05) is 0 Å². The summed E-state index contributed by atoms with van der Waals surface area (Å²) < 4.78 is 0. The highest BCUT2D eigenvalue weighted by molar-refractivity contribution is 6.37. The summed E-state index contributed by atoms with van der Waals surface area (Å²) in [5, 5.41) is 0. The van der Waals surface area contributed by atoms with Crippen molar-refractivity contribution in [3.63, 3.8) is 0 Å². The third-order valence-electron chi connectivity index (χ3n) is 3.34. The fourth-order valence-electron chi connectivity index (χ4n) is 2.48. The Labute approximate surface area is 84.5 Å². The van der Waals surface area contributed by atoms with Gasteiger partial charge in [-0.2, -0.15) is 0 Å². The van der Waals surface area contributed by atoms with Gasteiger partial charge in [0.05, 0.1) is 0 Å². The molecular weight excluding hydrogens is 178 g/mol. The molecule has 0 bridgehead atoms. The summed E-state index contributed by atoms with van der Waals surface area (Å²) >= 11 is 0. The van der Waals surface area contributed by atoms with E-state index in [-0.39, 0.29) is 11.7 Å². The minimum absolute atomic E-state index is 0.194. The molecule has 0 spiro atoms. The van der Waals surface area contributed by atoms with Gasteiger partial charge in [0.2, 0.25) is 5.78 Å². The van der Waals surface area contributed by atoms with Crippen LogP contribution in [0.25, 0.3) is 0 Å². The molecule has 3 heteroatoms. The van der Waals surface area contributed by atoms with E-state index >= 15 is 0 Å². The minimum Gasteiger partial charge on any atom is -0.335 e. The van der Waals surface area contributed by atoms with Gasteiger partial charge in [0.15, 0.2) is 0 Å². The normalized spacial score (nSPS) is 24.7. The van der Waals surface area contributed by atoms with E-state index in [2.05, 4.69) is 0 Å². The average molecular weight is 195 g/mol. The maximum absolute atomic E-state index is 11.4. The van der Waals surface area contributed by atoms with E-state index in [0.29, 0.717) is 18.9 Å². The lowest BCUT2D eigenvalue weighted by Crippen LogP contribution is -2.33. The largest absolute Gasteiger partial charge is 0.335 e. The highest BCUT2D eigenvalue weighted by Gasteiger charge is 2.30. The van der Waals surface area contributed by atoms with Crippen molar-refractivity contribution in [1.82, 2.24) is 4.90 Å². The van der Waals surface area contributed by atoms with Crippen molar-refractivity contribution in [1.29, 1.82) is 0 Å². The summed E-state index contributed by atoms with van der Waals surface area (Å²) in [6.45, 7) is 1.48. The quantitative estimate of drug-likeness (QED) is 0.624. The Morgan fingerprint density at radius 1 is 1.14 bits per heavy atom. The van der Waals surface area contributed by atoms with Gasteiger partial charge in [-0.25, -0.2) is 0 Å². The molecule has 1 saturated carbocycles. The third kappa shape index (κ3) is 1.97. The molecule has 78 valence electrons. The molecular formula is C11H17NO2. The highest BCUT2D eigenvalue weighted by atomic mass is 16.2. The first kappa shape index (κ1) is 9.69. The van der Waals surface area contributed by atoms with Crippen LogP contribution in [0.1, 0.15) is 38.5 Å². The highest BCUT2D eigenvalue weighted by Crippen LogP contribution is 2.25. The van der Waals surface area contributed by atoms with Crippen LogP contribution in [-0.4, -0.2) is 29.7 Å². The van der Waals surface area contributed by atoms with Crippen LogP contribution in [0.5, 0.6) is 0 Å². The average Bonchev–Trinajstić information content (AvgIpc) is 2.52. The summed E-state index contributed by atoms with van der Waals surface area (Å²) in [6.07, 6.45) is 6.83. The Hall–Kier alpha value is -0.860. The first-order chi connectivity index (χ1) is 6.77. The number of amides is 1. The van der Waals surface area contributed by atoms with E-state index in [0.717, 1.165) is 6.54 Å². The van der Waals surface area contributed by atoms with Crippen LogP contribution >= 0.6 is 0 Å². The molecule has 0 unspecified atom stereocenters. The first-order valence-corrected chi connectivity index (χ1v) is 5.59. The second-order valence-corrected chi connectivity index (χ2v) is 4.43. The molecule has 1 saturated heterocycles. The van der Waals surface area contributed by atoms with Gasteiger partial charge in [-0.3, -0.25) is 9.59 Å². The number of carbonyl (C=O) groups excluding carboxylic acids is 2. The van der Waals surface area contributed by atoms with Crippen molar-refractivity contribution in [3.05, 3.63) is 0 Å². The van der Waals surface area contributed by atoms with E-state index in [1.54, 1.807) is 4.90 Å². The van der Waals surface area contributed by atoms with Gasteiger partial charge in [-0.15, -0.1) is 0 Å². The van der Waals surface area contributed by atoms with E-state index in [4.69, 9.17) is 0 Å². The molecule has 0 aromatic heterocycles. The second kappa shape index (κ2) is 4.11. The van der Waals surface area contributed by atoms with Gasteiger partial charge in [-0.1, -0.05) is 19.3 Å². The first-order valence-electron chi connectivity index (χ1n) is 5.59. The van der Waals surface area contributed by atoms with Crippen molar-refractivity contribution in [2.24, 2.45) is 5.92 Å².